The lowest BCUT2D eigenvalue weighted by molar-refractivity contribution is -0.137. The molecule has 0 aliphatic carbocycles. The van der Waals surface area contributed by atoms with E-state index in [1.165, 1.54) is 18.3 Å². The summed E-state index contributed by atoms with van der Waals surface area (Å²) in [7, 11) is 0. The first-order chi connectivity index (χ1) is 9.88. The summed E-state index contributed by atoms with van der Waals surface area (Å²) in [6.45, 7) is 0. The second-order valence-corrected chi connectivity index (χ2v) is 4.88. The topological polar surface area (TPSA) is 24.4 Å². The molecule has 110 valence electrons. The molecule has 0 saturated carbocycles. The number of hydrazone groups is 1. The normalized spacial score (nSPS) is 11.9. The minimum Gasteiger partial charge on any atom is -0.278 e. The Morgan fingerprint density at radius 2 is 1.76 bits per heavy atom. The van der Waals surface area contributed by atoms with Gasteiger partial charge in [-0.3, -0.25) is 5.43 Å². The van der Waals surface area contributed by atoms with Crippen LogP contribution in [0.15, 0.2) is 47.6 Å². The van der Waals surface area contributed by atoms with Gasteiger partial charge in [0.15, 0.2) is 0 Å². The van der Waals surface area contributed by atoms with Crippen LogP contribution in [0.4, 0.5) is 18.9 Å². The summed E-state index contributed by atoms with van der Waals surface area (Å²) in [4.78, 5) is 0. The number of nitrogens with zero attached hydrogens (tertiary/aromatic N) is 1. The largest absolute Gasteiger partial charge is 0.416 e. The van der Waals surface area contributed by atoms with Gasteiger partial charge in [0, 0.05) is 5.56 Å². The molecule has 0 spiro atoms. The number of nitrogens with one attached hydrogen (secondary N) is 1. The Kier molecular flexibility index (Phi) is 4.75. The second-order valence-electron chi connectivity index (χ2n) is 4.09. The highest BCUT2D eigenvalue weighted by Crippen LogP contribution is 2.30. The third-order valence-electron chi connectivity index (χ3n) is 2.57. The maximum atomic E-state index is 12.6. The van der Waals surface area contributed by atoms with Crippen LogP contribution in [-0.4, -0.2) is 6.21 Å². The highest BCUT2D eigenvalue weighted by atomic mass is 35.5. The minimum absolute atomic E-state index is 0.222. The molecule has 0 aromatic heterocycles. The standard InChI is InChI=1S/C14H9Cl2F3N2/c15-12-6-1-3-9(13(12)16)8-20-21-11-5-2-4-10(7-11)14(17,18)19/h1-8,21H. The van der Waals surface area contributed by atoms with E-state index in [0.29, 0.717) is 15.6 Å². The first-order valence-electron chi connectivity index (χ1n) is 5.78. The Labute approximate surface area is 129 Å². The highest BCUT2D eigenvalue weighted by molar-refractivity contribution is 6.43. The van der Waals surface area contributed by atoms with Crippen molar-refractivity contribution in [1.82, 2.24) is 0 Å². The van der Waals surface area contributed by atoms with E-state index in [9.17, 15) is 13.2 Å². The smallest absolute Gasteiger partial charge is 0.278 e. The number of anilines is 1. The zero-order valence-electron chi connectivity index (χ0n) is 10.5. The lowest BCUT2D eigenvalue weighted by atomic mass is 10.2. The molecule has 0 heterocycles. The molecule has 0 radical (unpaired) electrons. The predicted molar refractivity (Wildman–Crippen MR) is 79.1 cm³/mol. The van der Waals surface area contributed by atoms with Crippen LogP contribution < -0.4 is 5.43 Å². The summed E-state index contributed by atoms with van der Waals surface area (Å²) >= 11 is 11.8. The van der Waals surface area contributed by atoms with Gasteiger partial charge in [0.25, 0.3) is 0 Å². The number of hydrogen-bond donors (Lipinski definition) is 1. The lowest BCUT2D eigenvalue weighted by Gasteiger charge is -2.08. The van der Waals surface area contributed by atoms with Crippen molar-refractivity contribution in [2.75, 3.05) is 5.43 Å². The monoisotopic (exact) mass is 332 g/mol. The fourth-order valence-corrected chi connectivity index (χ4v) is 1.92. The van der Waals surface area contributed by atoms with Gasteiger partial charge in [-0.25, -0.2) is 0 Å². The van der Waals surface area contributed by atoms with Crippen molar-refractivity contribution < 1.29 is 13.2 Å². The Hall–Kier alpha value is -1.72. The molecule has 1 N–H and O–H groups in total. The number of halogens is 5. The second kappa shape index (κ2) is 6.37. The van der Waals surface area contributed by atoms with Crippen LogP contribution in [0, 0.1) is 0 Å². The molecular weight excluding hydrogens is 324 g/mol. The summed E-state index contributed by atoms with van der Waals surface area (Å²) in [5.74, 6) is 0. The van der Waals surface area contributed by atoms with Crippen molar-refractivity contribution in [2.45, 2.75) is 6.18 Å². The van der Waals surface area contributed by atoms with Crippen molar-refractivity contribution in [1.29, 1.82) is 0 Å². The number of alkyl halides is 3. The zero-order valence-corrected chi connectivity index (χ0v) is 12.0. The van der Waals surface area contributed by atoms with Gasteiger partial charge in [-0.1, -0.05) is 41.4 Å². The van der Waals surface area contributed by atoms with Crippen LogP contribution in [0.2, 0.25) is 10.0 Å². The SMILES string of the molecule is FC(F)(F)c1cccc(NN=Cc2cccc(Cl)c2Cl)c1. The fourth-order valence-electron chi connectivity index (χ4n) is 1.56. The average molecular weight is 333 g/mol. The van der Waals surface area contributed by atoms with Crippen LogP contribution in [0.1, 0.15) is 11.1 Å². The molecule has 0 aliphatic rings. The van der Waals surface area contributed by atoms with E-state index in [2.05, 4.69) is 10.5 Å². The van der Waals surface area contributed by atoms with Gasteiger partial charge in [-0.15, -0.1) is 0 Å². The predicted octanol–water partition coefficient (Wildman–Crippen LogP) is 5.46. The molecule has 0 fully saturated rings. The van der Waals surface area contributed by atoms with E-state index in [-0.39, 0.29) is 5.69 Å². The Balaban J connectivity index is 2.13. The minimum atomic E-state index is -4.39. The van der Waals surface area contributed by atoms with Gasteiger partial charge >= 0.3 is 6.18 Å². The third kappa shape index (κ3) is 4.12. The van der Waals surface area contributed by atoms with Crippen LogP contribution >= 0.6 is 23.2 Å². The van der Waals surface area contributed by atoms with E-state index >= 15 is 0 Å². The summed E-state index contributed by atoms with van der Waals surface area (Å²) in [6, 6.07) is 9.74. The number of hydrogen-bond acceptors (Lipinski definition) is 2. The highest BCUT2D eigenvalue weighted by Gasteiger charge is 2.30. The summed E-state index contributed by atoms with van der Waals surface area (Å²) in [6.07, 6.45) is -3.01. The Morgan fingerprint density at radius 1 is 1.05 bits per heavy atom. The fraction of sp³-hybridized carbons (Fsp3) is 0.0714. The molecule has 0 aliphatic heterocycles. The van der Waals surface area contributed by atoms with E-state index in [1.807, 2.05) is 0 Å². The van der Waals surface area contributed by atoms with Crippen LogP contribution in [0.25, 0.3) is 0 Å². The van der Waals surface area contributed by atoms with Crippen molar-refractivity contribution in [3.63, 3.8) is 0 Å². The molecule has 2 rings (SSSR count). The number of benzene rings is 2. The first-order valence-corrected chi connectivity index (χ1v) is 6.54. The summed E-state index contributed by atoms with van der Waals surface area (Å²) in [5, 5.41) is 4.55. The number of rotatable bonds is 3. The van der Waals surface area contributed by atoms with Gasteiger partial charge in [0.05, 0.1) is 27.5 Å². The molecule has 0 amide bonds. The van der Waals surface area contributed by atoms with Crippen molar-refractivity contribution in [3.8, 4) is 0 Å². The van der Waals surface area contributed by atoms with E-state index in [4.69, 9.17) is 23.2 Å². The van der Waals surface area contributed by atoms with E-state index in [1.54, 1.807) is 18.2 Å². The lowest BCUT2D eigenvalue weighted by Crippen LogP contribution is -2.05. The van der Waals surface area contributed by atoms with Crippen LogP contribution in [-0.2, 0) is 6.18 Å². The molecule has 7 heteroatoms. The maximum absolute atomic E-state index is 12.6. The maximum Gasteiger partial charge on any atom is 0.416 e. The van der Waals surface area contributed by atoms with E-state index < -0.39 is 11.7 Å². The van der Waals surface area contributed by atoms with Gasteiger partial charge in [0.1, 0.15) is 0 Å². The molecule has 0 atom stereocenters. The van der Waals surface area contributed by atoms with Crippen molar-refractivity contribution >= 4 is 35.1 Å². The first kappa shape index (κ1) is 15.7. The van der Waals surface area contributed by atoms with Gasteiger partial charge in [0.2, 0.25) is 0 Å². The Morgan fingerprint density at radius 3 is 2.48 bits per heavy atom. The Bertz CT molecular complexity index is 670. The molecule has 2 aromatic carbocycles. The van der Waals surface area contributed by atoms with E-state index in [0.717, 1.165) is 12.1 Å². The van der Waals surface area contributed by atoms with Gasteiger partial charge in [-0.2, -0.15) is 18.3 Å². The third-order valence-corrected chi connectivity index (χ3v) is 3.40. The molecule has 0 bridgehead atoms. The molecule has 2 nitrogen and oxygen atoms in total. The molecular formula is C14H9Cl2F3N2. The van der Waals surface area contributed by atoms with Crippen molar-refractivity contribution in [2.24, 2.45) is 5.10 Å². The average Bonchev–Trinajstić information content (AvgIpc) is 2.43. The van der Waals surface area contributed by atoms with Gasteiger partial charge < -0.3 is 0 Å². The summed E-state index contributed by atoms with van der Waals surface area (Å²) < 4.78 is 37.7. The van der Waals surface area contributed by atoms with Crippen molar-refractivity contribution in [3.05, 3.63) is 63.6 Å². The zero-order chi connectivity index (χ0) is 15.5. The quantitative estimate of drug-likeness (QED) is 0.585. The molecule has 0 saturated heterocycles. The molecule has 21 heavy (non-hydrogen) atoms. The van der Waals surface area contributed by atoms with Crippen LogP contribution in [0.3, 0.4) is 0 Å². The van der Waals surface area contributed by atoms with Gasteiger partial charge in [-0.05, 0) is 24.3 Å². The molecule has 0 unspecified atom stereocenters. The molecule has 2 aromatic rings. The summed E-state index contributed by atoms with van der Waals surface area (Å²) in [5.41, 5.74) is 2.55. The van der Waals surface area contributed by atoms with Crippen LogP contribution in [0.5, 0.6) is 0 Å².